The highest BCUT2D eigenvalue weighted by Crippen LogP contribution is 2.22. The Kier molecular flexibility index (Phi) is 3.15. The summed E-state index contributed by atoms with van der Waals surface area (Å²) < 4.78 is 0. The average molecular weight is 251 g/mol. The van der Waals surface area contributed by atoms with Crippen LogP contribution in [0.2, 0.25) is 0 Å². The Labute approximate surface area is 103 Å². The standard InChI is InChI=1S/C11H13N3O4/c12-10-2-1-7(14(17)18)5-9(10)11(16)13-4-3-8(15)6-13/h1-2,5,8,15H,3-4,6,12H2. The first-order valence-electron chi connectivity index (χ1n) is 5.50. The smallest absolute Gasteiger partial charge is 0.270 e. The van der Waals surface area contributed by atoms with Gasteiger partial charge in [0.2, 0.25) is 0 Å². The van der Waals surface area contributed by atoms with Crippen LogP contribution >= 0.6 is 0 Å². The Bertz CT molecular complexity index is 503. The van der Waals surface area contributed by atoms with E-state index in [9.17, 15) is 20.0 Å². The van der Waals surface area contributed by atoms with Crippen LogP contribution in [-0.4, -0.2) is 40.0 Å². The summed E-state index contributed by atoms with van der Waals surface area (Å²) in [6, 6.07) is 3.77. The molecule has 1 aromatic carbocycles. The highest BCUT2D eigenvalue weighted by atomic mass is 16.6. The van der Waals surface area contributed by atoms with Crippen LogP contribution in [0.1, 0.15) is 16.8 Å². The summed E-state index contributed by atoms with van der Waals surface area (Å²) >= 11 is 0. The van der Waals surface area contributed by atoms with E-state index in [4.69, 9.17) is 5.73 Å². The van der Waals surface area contributed by atoms with Gasteiger partial charge in [-0.1, -0.05) is 0 Å². The molecule has 7 nitrogen and oxygen atoms in total. The minimum Gasteiger partial charge on any atom is -0.398 e. The van der Waals surface area contributed by atoms with Gasteiger partial charge >= 0.3 is 0 Å². The molecule has 0 spiro atoms. The summed E-state index contributed by atoms with van der Waals surface area (Å²) in [4.78, 5) is 23.6. The fourth-order valence-electron chi connectivity index (χ4n) is 1.94. The number of aliphatic hydroxyl groups is 1. The van der Waals surface area contributed by atoms with Gasteiger partial charge in [0.1, 0.15) is 0 Å². The number of likely N-dealkylation sites (tertiary alicyclic amines) is 1. The maximum absolute atomic E-state index is 12.1. The van der Waals surface area contributed by atoms with Gasteiger partial charge in [0, 0.05) is 30.9 Å². The highest BCUT2D eigenvalue weighted by Gasteiger charge is 2.27. The van der Waals surface area contributed by atoms with Crippen LogP contribution in [-0.2, 0) is 0 Å². The Morgan fingerprint density at radius 1 is 1.56 bits per heavy atom. The number of carbonyl (C=O) groups excluding carboxylic acids is 1. The Balaban J connectivity index is 2.29. The predicted molar refractivity (Wildman–Crippen MR) is 64.0 cm³/mol. The second-order valence-corrected chi connectivity index (χ2v) is 4.22. The Morgan fingerprint density at radius 2 is 2.28 bits per heavy atom. The van der Waals surface area contributed by atoms with Gasteiger partial charge in [0.25, 0.3) is 11.6 Å². The third kappa shape index (κ3) is 2.25. The molecule has 1 aromatic rings. The molecule has 1 saturated heterocycles. The van der Waals surface area contributed by atoms with Gasteiger partial charge in [0.05, 0.1) is 16.6 Å². The van der Waals surface area contributed by atoms with E-state index in [2.05, 4.69) is 0 Å². The third-order valence-corrected chi connectivity index (χ3v) is 2.93. The fraction of sp³-hybridized carbons (Fsp3) is 0.364. The molecule has 18 heavy (non-hydrogen) atoms. The molecule has 1 heterocycles. The van der Waals surface area contributed by atoms with Crippen molar-refractivity contribution in [1.29, 1.82) is 0 Å². The fourth-order valence-corrected chi connectivity index (χ4v) is 1.94. The Hall–Kier alpha value is -2.15. The number of nitrogen functional groups attached to an aromatic ring is 1. The number of nitro benzene ring substituents is 1. The topological polar surface area (TPSA) is 110 Å². The van der Waals surface area contributed by atoms with Crippen molar-refractivity contribution in [2.45, 2.75) is 12.5 Å². The molecule has 7 heteroatoms. The lowest BCUT2D eigenvalue weighted by Gasteiger charge is -2.16. The van der Waals surface area contributed by atoms with Crippen LogP contribution < -0.4 is 5.73 Å². The number of anilines is 1. The molecule has 3 N–H and O–H groups in total. The second-order valence-electron chi connectivity index (χ2n) is 4.22. The first-order valence-corrected chi connectivity index (χ1v) is 5.50. The number of non-ortho nitro benzene ring substituents is 1. The molecule has 2 rings (SSSR count). The average Bonchev–Trinajstić information content (AvgIpc) is 2.75. The van der Waals surface area contributed by atoms with Crippen LogP contribution in [0.15, 0.2) is 18.2 Å². The van der Waals surface area contributed by atoms with Gasteiger partial charge in [-0.2, -0.15) is 0 Å². The number of hydrogen-bond acceptors (Lipinski definition) is 5. The molecule has 1 aliphatic heterocycles. The quantitative estimate of drug-likeness (QED) is 0.448. The molecule has 1 fully saturated rings. The minimum absolute atomic E-state index is 0.110. The lowest BCUT2D eigenvalue weighted by atomic mass is 10.1. The SMILES string of the molecule is Nc1ccc([N+](=O)[O-])cc1C(=O)N1CCC(O)C1. The van der Waals surface area contributed by atoms with E-state index in [0.29, 0.717) is 13.0 Å². The van der Waals surface area contributed by atoms with Crippen LogP contribution in [0.4, 0.5) is 11.4 Å². The zero-order valence-electron chi connectivity index (χ0n) is 9.57. The first kappa shape index (κ1) is 12.3. The van der Waals surface area contributed by atoms with Crippen molar-refractivity contribution >= 4 is 17.3 Å². The van der Waals surface area contributed by atoms with Gasteiger partial charge in [-0.3, -0.25) is 14.9 Å². The van der Waals surface area contributed by atoms with Crippen molar-refractivity contribution in [2.24, 2.45) is 0 Å². The summed E-state index contributed by atoms with van der Waals surface area (Å²) in [5.74, 6) is -0.382. The monoisotopic (exact) mass is 251 g/mol. The maximum Gasteiger partial charge on any atom is 0.270 e. The van der Waals surface area contributed by atoms with Crippen molar-refractivity contribution in [2.75, 3.05) is 18.8 Å². The second kappa shape index (κ2) is 4.61. The number of β-amino-alcohol motifs (C(OH)–C–C–N with tert-alkyl or cyclic N) is 1. The van der Waals surface area contributed by atoms with Crippen LogP contribution in [0.25, 0.3) is 0 Å². The van der Waals surface area contributed by atoms with Crippen molar-refractivity contribution in [1.82, 2.24) is 4.90 Å². The Morgan fingerprint density at radius 3 is 2.83 bits per heavy atom. The molecule has 0 saturated carbocycles. The largest absolute Gasteiger partial charge is 0.398 e. The number of hydrogen-bond donors (Lipinski definition) is 2. The zero-order valence-corrected chi connectivity index (χ0v) is 9.57. The molecule has 0 aliphatic carbocycles. The summed E-state index contributed by atoms with van der Waals surface area (Å²) in [6.45, 7) is 0.670. The number of nitrogens with zero attached hydrogens (tertiary/aromatic N) is 2. The number of benzene rings is 1. The van der Waals surface area contributed by atoms with Crippen molar-refractivity contribution in [3.63, 3.8) is 0 Å². The molecule has 0 radical (unpaired) electrons. The molecule has 1 unspecified atom stereocenters. The van der Waals surface area contributed by atoms with Gasteiger partial charge in [-0.25, -0.2) is 0 Å². The summed E-state index contributed by atoms with van der Waals surface area (Å²) in [7, 11) is 0. The summed E-state index contributed by atoms with van der Waals surface area (Å²) in [5, 5.41) is 20.0. The molecule has 96 valence electrons. The number of nitro groups is 1. The molecule has 1 atom stereocenters. The summed E-state index contributed by atoms with van der Waals surface area (Å²) in [6.07, 6.45) is -0.0190. The molecular weight excluding hydrogens is 238 g/mol. The highest BCUT2D eigenvalue weighted by molar-refractivity contribution is 6.00. The van der Waals surface area contributed by atoms with E-state index in [0.717, 1.165) is 0 Å². The number of rotatable bonds is 2. The number of amides is 1. The molecule has 0 aromatic heterocycles. The van der Waals surface area contributed by atoms with Gasteiger partial charge in [-0.15, -0.1) is 0 Å². The third-order valence-electron chi connectivity index (χ3n) is 2.93. The van der Waals surface area contributed by atoms with E-state index in [1.54, 1.807) is 0 Å². The van der Waals surface area contributed by atoms with Gasteiger partial charge in [0.15, 0.2) is 0 Å². The minimum atomic E-state index is -0.574. The van der Waals surface area contributed by atoms with Crippen LogP contribution in [0.3, 0.4) is 0 Å². The predicted octanol–water partition coefficient (Wildman–Crippen LogP) is 0.384. The van der Waals surface area contributed by atoms with Crippen molar-refractivity contribution in [3.8, 4) is 0 Å². The zero-order chi connectivity index (χ0) is 13.3. The van der Waals surface area contributed by atoms with E-state index in [1.165, 1.54) is 23.1 Å². The van der Waals surface area contributed by atoms with E-state index >= 15 is 0 Å². The lowest BCUT2D eigenvalue weighted by Crippen LogP contribution is -2.30. The number of nitrogens with two attached hydrogens (primary N) is 1. The lowest BCUT2D eigenvalue weighted by molar-refractivity contribution is -0.384. The molecular formula is C11H13N3O4. The van der Waals surface area contributed by atoms with Crippen molar-refractivity contribution in [3.05, 3.63) is 33.9 Å². The maximum atomic E-state index is 12.1. The van der Waals surface area contributed by atoms with Crippen molar-refractivity contribution < 1.29 is 14.8 Å². The van der Waals surface area contributed by atoms with E-state index in [1.807, 2.05) is 0 Å². The van der Waals surface area contributed by atoms with Crippen LogP contribution in [0, 0.1) is 10.1 Å². The van der Waals surface area contributed by atoms with E-state index < -0.39 is 11.0 Å². The normalized spacial score (nSPS) is 18.9. The first-order chi connectivity index (χ1) is 8.49. The van der Waals surface area contributed by atoms with Gasteiger partial charge < -0.3 is 15.7 Å². The number of aliphatic hydroxyl groups excluding tert-OH is 1. The van der Waals surface area contributed by atoms with Crippen LogP contribution in [0.5, 0.6) is 0 Å². The molecule has 1 amide bonds. The number of carbonyl (C=O) groups is 1. The van der Waals surface area contributed by atoms with Gasteiger partial charge in [-0.05, 0) is 12.5 Å². The van der Waals surface area contributed by atoms with E-state index in [-0.39, 0.29) is 29.4 Å². The summed E-state index contributed by atoms with van der Waals surface area (Å²) in [5.41, 5.74) is 5.80. The molecule has 1 aliphatic rings. The molecule has 0 bridgehead atoms.